The number of hydrogen-bond donors (Lipinski definition) is 1. The molecule has 2 aliphatic rings. The zero-order valence-corrected chi connectivity index (χ0v) is 21.3. The number of amides is 1. The molecular formula is C29H26F4N2OS. The van der Waals surface area contributed by atoms with Crippen LogP contribution in [0.15, 0.2) is 55.1 Å². The number of nitrogens with one attached hydrogen (secondary N) is 1. The van der Waals surface area contributed by atoms with Crippen molar-refractivity contribution in [2.24, 2.45) is 0 Å². The number of halogens is 4. The van der Waals surface area contributed by atoms with E-state index in [-0.39, 0.29) is 36.7 Å². The molecular weight excluding hydrogens is 500 g/mol. The number of rotatable bonds is 7. The molecule has 1 N–H and O–H groups in total. The van der Waals surface area contributed by atoms with Crippen molar-refractivity contribution in [2.45, 2.75) is 56.1 Å². The molecule has 3 aromatic rings. The van der Waals surface area contributed by atoms with Crippen LogP contribution >= 0.6 is 12.1 Å². The molecule has 1 heterocycles. The topological polar surface area (TPSA) is 42.0 Å². The second-order valence-electron chi connectivity index (χ2n) is 10.1. The van der Waals surface area contributed by atoms with E-state index in [4.69, 9.17) is 0 Å². The third-order valence-corrected chi connectivity index (χ3v) is 7.80. The fraction of sp³-hybridized carbons (Fsp3) is 0.310. The lowest BCUT2D eigenvalue weighted by Crippen LogP contribution is -2.28. The summed E-state index contributed by atoms with van der Waals surface area (Å²) in [4.78, 5) is 18.0. The van der Waals surface area contributed by atoms with Gasteiger partial charge in [0.2, 0.25) is 5.91 Å². The van der Waals surface area contributed by atoms with Gasteiger partial charge in [0.05, 0.1) is 28.5 Å². The predicted octanol–water partition coefficient (Wildman–Crippen LogP) is 8.00. The van der Waals surface area contributed by atoms with Crippen LogP contribution in [0.25, 0.3) is 16.8 Å². The second-order valence-corrected chi connectivity index (χ2v) is 11.0. The largest absolute Gasteiger partial charge is 0.310 e. The van der Waals surface area contributed by atoms with Crippen LogP contribution in [0.5, 0.6) is 0 Å². The van der Waals surface area contributed by atoms with Gasteiger partial charge in [0, 0.05) is 24.0 Å². The summed E-state index contributed by atoms with van der Waals surface area (Å²) >= 11 is 0.151. The number of benzene rings is 2. The van der Waals surface area contributed by atoms with Gasteiger partial charge in [-0.25, -0.2) is 18.2 Å². The van der Waals surface area contributed by atoms with Crippen molar-refractivity contribution in [2.75, 3.05) is 5.32 Å². The smallest absolute Gasteiger partial charge is 0.256 e. The summed E-state index contributed by atoms with van der Waals surface area (Å²) in [6.45, 7) is 7.17. The molecule has 0 radical (unpaired) electrons. The van der Waals surface area contributed by atoms with E-state index < -0.39 is 22.4 Å². The minimum atomic E-state index is -2.75. The molecule has 0 aliphatic heterocycles. The number of fused-ring (bicyclic) bond motifs is 1. The molecule has 8 heteroatoms. The summed E-state index contributed by atoms with van der Waals surface area (Å²) in [5.41, 5.74) is 3.47. The highest BCUT2D eigenvalue weighted by atomic mass is 32.2. The van der Waals surface area contributed by atoms with Gasteiger partial charge in [-0.05, 0) is 66.6 Å². The predicted molar refractivity (Wildman–Crippen MR) is 140 cm³/mol. The number of anilines is 1. The quantitative estimate of drug-likeness (QED) is 0.317. The first-order chi connectivity index (χ1) is 17.5. The van der Waals surface area contributed by atoms with E-state index in [1.807, 2.05) is 0 Å². The summed E-state index contributed by atoms with van der Waals surface area (Å²) in [6.07, 6.45) is 0.611. The van der Waals surface area contributed by atoms with E-state index in [0.717, 1.165) is 5.56 Å². The highest BCUT2D eigenvalue weighted by Crippen LogP contribution is 2.50. The van der Waals surface area contributed by atoms with Crippen LogP contribution in [-0.2, 0) is 23.1 Å². The first-order valence-electron chi connectivity index (χ1n) is 12.1. The Morgan fingerprint density at radius 3 is 2.46 bits per heavy atom. The van der Waals surface area contributed by atoms with Crippen LogP contribution < -0.4 is 5.32 Å². The van der Waals surface area contributed by atoms with Gasteiger partial charge in [-0.3, -0.25) is 4.79 Å². The van der Waals surface area contributed by atoms with E-state index in [9.17, 15) is 21.9 Å². The lowest BCUT2D eigenvalue weighted by molar-refractivity contribution is -0.118. The number of carbonyl (C=O) groups is 1. The van der Waals surface area contributed by atoms with Crippen molar-refractivity contribution in [3.8, 4) is 11.3 Å². The second kappa shape index (κ2) is 9.31. The number of alkyl halides is 2. The average molecular weight is 527 g/mol. The SMILES string of the molecule is C=C(C)c1ccc(-c2nc(NC(=O)C3(c4ccc5c(c4)CC(F)(F)C5)CC3)ccc2C(C)SF)cc1F. The summed E-state index contributed by atoms with van der Waals surface area (Å²) in [7, 11) is 0. The van der Waals surface area contributed by atoms with E-state index in [2.05, 4.69) is 16.9 Å². The monoisotopic (exact) mass is 526 g/mol. The van der Waals surface area contributed by atoms with Crippen LogP contribution in [0.1, 0.15) is 59.8 Å². The van der Waals surface area contributed by atoms with Crippen LogP contribution in [0.3, 0.4) is 0 Å². The normalized spacial score (nSPS) is 17.7. The molecule has 37 heavy (non-hydrogen) atoms. The molecule has 1 fully saturated rings. The minimum absolute atomic E-state index is 0.151. The highest BCUT2D eigenvalue weighted by molar-refractivity contribution is 7.94. The third kappa shape index (κ3) is 4.79. The fourth-order valence-corrected chi connectivity index (χ4v) is 5.33. The maximum Gasteiger partial charge on any atom is 0.256 e. The molecule has 1 aromatic heterocycles. The van der Waals surface area contributed by atoms with Crippen molar-refractivity contribution in [1.82, 2.24) is 4.98 Å². The van der Waals surface area contributed by atoms with Crippen molar-refractivity contribution in [1.29, 1.82) is 0 Å². The van der Waals surface area contributed by atoms with Gasteiger partial charge < -0.3 is 5.32 Å². The molecule has 2 aromatic carbocycles. The molecule has 1 unspecified atom stereocenters. The van der Waals surface area contributed by atoms with Crippen molar-refractivity contribution in [3.63, 3.8) is 0 Å². The molecule has 1 saturated carbocycles. The lowest BCUT2D eigenvalue weighted by atomic mass is 9.92. The lowest BCUT2D eigenvalue weighted by Gasteiger charge is -2.18. The molecule has 1 amide bonds. The Kier molecular flexibility index (Phi) is 6.42. The van der Waals surface area contributed by atoms with Crippen LogP contribution in [0.2, 0.25) is 0 Å². The standard InChI is InChI=1S/C29H26F4N2OS/c1-16(2)22-7-5-18(13-24(22)30)26-23(17(3)37-33)8-9-25(34-26)35-27(36)28(10-11-28)21-6-4-19-14-29(31,32)15-20(19)12-21/h4-9,12-13,17H,1,10-11,14-15H2,2-3H3,(H,34,35,36). The van der Waals surface area contributed by atoms with E-state index in [0.29, 0.717) is 51.9 Å². The molecule has 0 spiro atoms. The van der Waals surface area contributed by atoms with Gasteiger partial charge >= 0.3 is 0 Å². The number of allylic oxidation sites excluding steroid dienone is 1. The Hall–Kier alpha value is -3.13. The Bertz CT molecular complexity index is 1420. The zero-order chi connectivity index (χ0) is 26.5. The van der Waals surface area contributed by atoms with E-state index in [1.165, 1.54) is 6.07 Å². The molecule has 2 aliphatic carbocycles. The van der Waals surface area contributed by atoms with E-state index >= 15 is 0 Å². The van der Waals surface area contributed by atoms with Crippen molar-refractivity contribution >= 4 is 29.4 Å². The Morgan fingerprint density at radius 1 is 1.08 bits per heavy atom. The van der Waals surface area contributed by atoms with Crippen LogP contribution in [0, 0.1) is 5.82 Å². The van der Waals surface area contributed by atoms with Crippen molar-refractivity contribution < 1.29 is 21.9 Å². The maximum absolute atomic E-state index is 14.7. The molecule has 192 valence electrons. The molecule has 0 saturated heterocycles. The third-order valence-electron chi connectivity index (χ3n) is 7.28. The minimum Gasteiger partial charge on any atom is -0.310 e. The first kappa shape index (κ1) is 25.5. The summed E-state index contributed by atoms with van der Waals surface area (Å²) in [5.74, 6) is -3.24. The number of pyridine rings is 1. The number of carbonyl (C=O) groups excluding carboxylic acids is 1. The zero-order valence-electron chi connectivity index (χ0n) is 20.5. The fourth-order valence-electron chi connectivity index (χ4n) is 5.04. The molecule has 1 atom stereocenters. The van der Waals surface area contributed by atoms with Gasteiger partial charge in [-0.2, -0.15) is 3.89 Å². The molecule has 0 bridgehead atoms. The summed E-state index contributed by atoms with van der Waals surface area (Å²) < 4.78 is 56.0. The number of nitrogens with zero attached hydrogens (tertiary/aromatic N) is 1. The maximum atomic E-state index is 14.7. The number of aromatic nitrogens is 1. The Morgan fingerprint density at radius 2 is 1.81 bits per heavy atom. The summed E-state index contributed by atoms with van der Waals surface area (Å²) in [5, 5.41) is 2.30. The average Bonchev–Trinajstić information content (AvgIpc) is 3.60. The Labute approximate surface area is 217 Å². The molecule has 5 rings (SSSR count). The van der Waals surface area contributed by atoms with Gasteiger partial charge in [-0.1, -0.05) is 43.0 Å². The van der Waals surface area contributed by atoms with Gasteiger partial charge in [-0.15, -0.1) is 0 Å². The highest BCUT2D eigenvalue weighted by Gasteiger charge is 2.52. The van der Waals surface area contributed by atoms with Crippen molar-refractivity contribution in [3.05, 3.63) is 88.7 Å². The van der Waals surface area contributed by atoms with Crippen LogP contribution in [-0.4, -0.2) is 16.8 Å². The molecule has 3 nitrogen and oxygen atoms in total. The first-order valence-corrected chi connectivity index (χ1v) is 12.9. The van der Waals surface area contributed by atoms with Gasteiger partial charge in [0.15, 0.2) is 0 Å². The van der Waals surface area contributed by atoms with E-state index in [1.54, 1.807) is 56.3 Å². The van der Waals surface area contributed by atoms with Crippen LogP contribution in [0.4, 0.5) is 22.9 Å². The number of hydrogen-bond acceptors (Lipinski definition) is 3. The summed E-state index contributed by atoms with van der Waals surface area (Å²) in [6, 6.07) is 13.1. The van der Waals surface area contributed by atoms with Gasteiger partial charge in [0.1, 0.15) is 11.6 Å². The Balaban J connectivity index is 1.45. The van der Waals surface area contributed by atoms with Gasteiger partial charge in [0.25, 0.3) is 5.92 Å².